The van der Waals surface area contributed by atoms with Crippen LogP contribution < -0.4 is 5.32 Å². The Kier molecular flexibility index (Phi) is 4.28. The fourth-order valence-corrected chi connectivity index (χ4v) is 1.74. The van der Waals surface area contributed by atoms with E-state index in [0.29, 0.717) is 11.1 Å². The van der Waals surface area contributed by atoms with Crippen molar-refractivity contribution in [2.45, 2.75) is 6.10 Å². The van der Waals surface area contributed by atoms with Crippen LogP contribution in [0.4, 0.5) is 14.5 Å². The Labute approximate surface area is 115 Å². The number of nitriles is 1. The topological polar surface area (TPSA) is 56.0 Å². The number of nitrogens with one attached hydrogen (secondary N) is 1. The second-order valence-corrected chi connectivity index (χ2v) is 4.25. The highest BCUT2D eigenvalue weighted by molar-refractivity contribution is 5.45. The highest BCUT2D eigenvalue weighted by atomic mass is 19.1. The van der Waals surface area contributed by atoms with Crippen LogP contribution in [0.1, 0.15) is 17.2 Å². The van der Waals surface area contributed by atoms with E-state index in [4.69, 9.17) is 5.26 Å². The van der Waals surface area contributed by atoms with Crippen molar-refractivity contribution in [3.8, 4) is 6.07 Å². The summed E-state index contributed by atoms with van der Waals surface area (Å²) in [5.41, 5.74) is 1.23. The summed E-state index contributed by atoms with van der Waals surface area (Å²) in [6.45, 7) is 0.0778. The van der Waals surface area contributed by atoms with Crippen LogP contribution in [-0.2, 0) is 0 Å². The molecule has 0 aromatic heterocycles. The molecule has 2 rings (SSSR count). The standard InChI is InChI=1S/C15H12F2N2O/c16-12-5-6-14(13(17)7-12)19-9-15(20)11-3-1-10(8-18)2-4-11/h1-7,15,19-20H,9H2. The van der Waals surface area contributed by atoms with Crippen molar-refractivity contribution in [1.29, 1.82) is 5.26 Å². The predicted molar refractivity (Wildman–Crippen MR) is 71.0 cm³/mol. The molecule has 102 valence electrons. The van der Waals surface area contributed by atoms with Crippen molar-refractivity contribution in [2.75, 3.05) is 11.9 Å². The number of aliphatic hydroxyl groups excluding tert-OH is 1. The number of benzene rings is 2. The van der Waals surface area contributed by atoms with Crippen LogP contribution in [-0.4, -0.2) is 11.7 Å². The van der Waals surface area contributed by atoms with E-state index >= 15 is 0 Å². The molecule has 0 spiro atoms. The average molecular weight is 274 g/mol. The zero-order valence-corrected chi connectivity index (χ0v) is 10.5. The average Bonchev–Trinajstić information content (AvgIpc) is 2.46. The van der Waals surface area contributed by atoms with E-state index in [2.05, 4.69) is 5.32 Å². The van der Waals surface area contributed by atoms with Crippen molar-refractivity contribution in [1.82, 2.24) is 0 Å². The second kappa shape index (κ2) is 6.13. The quantitative estimate of drug-likeness (QED) is 0.901. The summed E-state index contributed by atoms with van der Waals surface area (Å²) < 4.78 is 26.1. The normalized spacial score (nSPS) is 11.7. The zero-order valence-electron chi connectivity index (χ0n) is 10.5. The fraction of sp³-hybridized carbons (Fsp3) is 0.133. The van der Waals surface area contributed by atoms with E-state index < -0.39 is 17.7 Å². The summed E-state index contributed by atoms with van der Waals surface area (Å²) in [7, 11) is 0. The van der Waals surface area contributed by atoms with E-state index in [1.54, 1.807) is 24.3 Å². The van der Waals surface area contributed by atoms with Gasteiger partial charge in [-0.25, -0.2) is 8.78 Å². The summed E-state index contributed by atoms with van der Waals surface area (Å²) in [5, 5.41) is 21.3. The molecule has 2 aromatic rings. The van der Waals surface area contributed by atoms with Gasteiger partial charge in [-0.15, -0.1) is 0 Å². The van der Waals surface area contributed by atoms with Crippen LogP contribution in [0.3, 0.4) is 0 Å². The van der Waals surface area contributed by atoms with E-state index in [9.17, 15) is 13.9 Å². The first-order chi connectivity index (χ1) is 9.60. The van der Waals surface area contributed by atoms with Crippen LogP contribution in [0.5, 0.6) is 0 Å². The van der Waals surface area contributed by atoms with Gasteiger partial charge in [0.2, 0.25) is 0 Å². The Morgan fingerprint density at radius 2 is 1.85 bits per heavy atom. The van der Waals surface area contributed by atoms with Crippen molar-refractivity contribution < 1.29 is 13.9 Å². The molecule has 5 heteroatoms. The van der Waals surface area contributed by atoms with E-state index in [-0.39, 0.29) is 12.2 Å². The van der Waals surface area contributed by atoms with Crippen LogP contribution in [0.15, 0.2) is 42.5 Å². The molecular formula is C15H12F2N2O. The van der Waals surface area contributed by atoms with Crippen LogP contribution in [0, 0.1) is 23.0 Å². The molecule has 0 aliphatic heterocycles. The summed E-state index contributed by atoms with van der Waals surface area (Å²) in [5.74, 6) is -1.36. The SMILES string of the molecule is N#Cc1ccc(C(O)CNc2ccc(F)cc2F)cc1. The number of rotatable bonds is 4. The summed E-state index contributed by atoms with van der Waals surface area (Å²) >= 11 is 0. The van der Waals surface area contributed by atoms with Gasteiger partial charge < -0.3 is 10.4 Å². The molecule has 0 bridgehead atoms. The Bertz CT molecular complexity index is 635. The maximum atomic E-state index is 13.4. The number of aliphatic hydroxyl groups is 1. The minimum Gasteiger partial charge on any atom is -0.387 e. The van der Waals surface area contributed by atoms with Gasteiger partial charge in [0, 0.05) is 12.6 Å². The predicted octanol–water partition coefficient (Wildman–Crippen LogP) is 2.98. The Hall–Kier alpha value is -2.45. The van der Waals surface area contributed by atoms with Gasteiger partial charge in [-0.1, -0.05) is 12.1 Å². The summed E-state index contributed by atoms with van der Waals surface area (Å²) in [6.07, 6.45) is -0.854. The molecule has 0 radical (unpaired) electrons. The molecule has 0 saturated carbocycles. The molecule has 2 aromatic carbocycles. The first-order valence-electron chi connectivity index (χ1n) is 5.97. The lowest BCUT2D eigenvalue weighted by Gasteiger charge is -2.13. The van der Waals surface area contributed by atoms with E-state index in [1.807, 2.05) is 6.07 Å². The van der Waals surface area contributed by atoms with Crippen molar-refractivity contribution >= 4 is 5.69 Å². The minimum atomic E-state index is -0.854. The Morgan fingerprint density at radius 1 is 1.15 bits per heavy atom. The van der Waals surface area contributed by atoms with E-state index in [1.165, 1.54) is 6.07 Å². The number of hydrogen-bond donors (Lipinski definition) is 2. The van der Waals surface area contributed by atoms with Crippen molar-refractivity contribution in [3.05, 3.63) is 65.2 Å². The van der Waals surface area contributed by atoms with Crippen molar-refractivity contribution in [3.63, 3.8) is 0 Å². The van der Waals surface area contributed by atoms with Crippen molar-refractivity contribution in [2.24, 2.45) is 0 Å². The molecule has 0 amide bonds. The Balaban J connectivity index is 2.00. The summed E-state index contributed by atoms with van der Waals surface area (Å²) in [4.78, 5) is 0. The van der Waals surface area contributed by atoms with Gasteiger partial charge in [0.15, 0.2) is 0 Å². The molecule has 0 aliphatic carbocycles. The van der Waals surface area contributed by atoms with Crippen LogP contribution in [0.2, 0.25) is 0 Å². The molecule has 2 N–H and O–H groups in total. The van der Waals surface area contributed by atoms with Gasteiger partial charge in [-0.3, -0.25) is 0 Å². The molecule has 0 heterocycles. The third-order valence-corrected chi connectivity index (χ3v) is 2.84. The third-order valence-electron chi connectivity index (χ3n) is 2.84. The monoisotopic (exact) mass is 274 g/mol. The molecule has 0 fully saturated rings. The first kappa shape index (κ1) is 14.0. The largest absolute Gasteiger partial charge is 0.387 e. The zero-order chi connectivity index (χ0) is 14.5. The summed E-state index contributed by atoms with van der Waals surface area (Å²) in [6, 6.07) is 11.6. The van der Waals surface area contributed by atoms with Gasteiger partial charge in [0.1, 0.15) is 11.6 Å². The molecule has 1 unspecified atom stereocenters. The molecule has 1 atom stereocenters. The van der Waals surface area contributed by atoms with Gasteiger partial charge in [-0.2, -0.15) is 5.26 Å². The lowest BCUT2D eigenvalue weighted by Crippen LogP contribution is -2.13. The van der Waals surface area contributed by atoms with E-state index in [0.717, 1.165) is 12.1 Å². The molecular weight excluding hydrogens is 262 g/mol. The van der Waals surface area contributed by atoms with Gasteiger partial charge >= 0.3 is 0 Å². The second-order valence-electron chi connectivity index (χ2n) is 4.25. The van der Waals surface area contributed by atoms with Gasteiger partial charge in [0.25, 0.3) is 0 Å². The highest BCUT2D eigenvalue weighted by Crippen LogP contribution is 2.18. The minimum absolute atomic E-state index is 0.0778. The van der Waals surface area contributed by atoms with Crippen LogP contribution in [0.25, 0.3) is 0 Å². The maximum Gasteiger partial charge on any atom is 0.149 e. The van der Waals surface area contributed by atoms with Crippen LogP contribution >= 0.6 is 0 Å². The Morgan fingerprint density at radius 3 is 2.45 bits per heavy atom. The van der Waals surface area contributed by atoms with Gasteiger partial charge in [-0.05, 0) is 29.8 Å². The molecule has 0 saturated heterocycles. The molecule has 0 aliphatic rings. The number of hydrogen-bond acceptors (Lipinski definition) is 3. The lowest BCUT2D eigenvalue weighted by molar-refractivity contribution is 0.191. The lowest BCUT2D eigenvalue weighted by atomic mass is 10.1. The smallest absolute Gasteiger partial charge is 0.149 e. The van der Waals surface area contributed by atoms with Gasteiger partial charge in [0.05, 0.1) is 23.4 Å². The number of nitrogens with zero attached hydrogens (tertiary/aromatic N) is 1. The molecule has 3 nitrogen and oxygen atoms in total. The fourth-order valence-electron chi connectivity index (χ4n) is 1.74. The maximum absolute atomic E-state index is 13.4. The number of anilines is 1. The number of halogens is 2. The third kappa shape index (κ3) is 3.31. The first-order valence-corrected chi connectivity index (χ1v) is 5.97. The molecule has 20 heavy (non-hydrogen) atoms. The highest BCUT2D eigenvalue weighted by Gasteiger charge is 2.09.